The summed E-state index contributed by atoms with van der Waals surface area (Å²) in [5.41, 5.74) is -1.01. The summed E-state index contributed by atoms with van der Waals surface area (Å²) in [5, 5.41) is 30.6. The van der Waals surface area contributed by atoms with Gasteiger partial charge in [0.05, 0.1) is 17.8 Å². The van der Waals surface area contributed by atoms with E-state index >= 15 is 0 Å². The van der Waals surface area contributed by atoms with E-state index in [-0.39, 0.29) is 17.9 Å². The Hall–Kier alpha value is -0.640. The molecular formula is C15H24O3. The quantitative estimate of drug-likeness (QED) is 0.666. The maximum absolute atomic E-state index is 10.9. The first-order valence-electron chi connectivity index (χ1n) is 6.66. The van der Waals surface area contributed by atoms with E-state index in [1.165, 1.54) is 0 Å². The summed E-state index contributed by atoms with van der Waals surface area (Å²) in [4.78, 5) is 0. The van der Waals surface area contributed by atoms with E-state index in [2.05, 4.69) is 13.8 Å². The van der Waals surface area contributed by atoms with Crippen molar-refractivity contribution < 1.29 is 15.3 Å². The summed E-state index contributed by atoms with van der Waals surface area (Å²) in [6.07, 6.45) is 7.34. The largest absolute Gasteiger partial charge is 0.392 e. The van der Waals surface area contributed by atoms with Gasteiger partial charge in [0.25, 0.3) is 0 Å². The molecule has 3 nitrogen and oxygen atoms in total. The molecule has 0 amide bonds. The van der Waals surface area contributed by atoms with Gasteiger partial charge in [-0.15, -0.1) is 0 Å². The van der Waals surface area contributed by atoms with E-state index in [4.69, 9.17) is 0 Å². The molecule has 0 heterocycles. The number of aliphatic hydroxyl groups is 3. The highest BCUT2D eigenvalue weighted by Gasteiger charge is 2.60. The SMILES string of the molecule is CC1(O)C=CC=C(CO)C2CC(C)(C)C2(O)CC1. The molecule has 3 unspecified atom stereocenters. The monoisotopic (exact) mass is 252 g/mol. The summed E-state index contributed by atoms with van der Waals surface area (Å²) in [6.45, 7) is 5.83. The Balaban J connectivity index is 2.36. The summed E-state index contributed by atoms with van der Waals surface area (Å²) < 4.78 is 0. The molecule has 3 atom stereocenters. The summed E-state index contributed by atoms with van der Waals surface area (Å²) >= 11 is 0. The fraction of sp³-hybridized carbons (Fsp3) is 0.733. The predicted molar refractivity (Wildman–Crippen MR) is 71.0 cm³/mol. The van der Waals surface area contributed by atoms with Crippen LogP contribution in [-0.4, -0.2) is 33.1 Å². The molecule has 3 N–H and O–H groups in total. The molecule has 0 aromatic carbocycles. The lowest BCUT2D eigenvalue weighted by Gasteiger charge is -2.60. The smallest absolute Gasteiger partial charge is 0.0803 e. The van der Waals surface area contributed by atoms with Crippen LogP contribution in [0.1, 0.15) is 40.0 Å². The molecule has 18 heavy (non-hydrogen) atoms. The van der Waals surface area contributed by atoms with Gasteiger partial charge in [0, 0.05) is 5.92 Å². The lowest BCUT2D eigenvalue weighted by molar-refractivity contribution is -0.197. The van der Waals surface area contributed by atoms with Crippen LogP contribution in [0.15, 0.2) is 23.8 Å². The maximum atomic E-state index is 10.9. The highest BCUT2D eigenvalue weighted by Crippen LogP contribution is 2.59. The minimum Gasteiger partial charge on any atom is -0.392 e. The molecule has 102 valence electrons. The molecule has 2 aliphatic rings. The fourth-order valence-electron chi connectivity index (χ4n) is 3.33. The number of allylic oxidation sites excluding steroid dienone is 2. The Morgan fingerprint density at radius 3 is 2.44 bits per heavy atom. The predicted octanol–water partition coefficient (Wildman–Crippen LogP) is 1.78. The van der Waals surface area contributed by atoms with E-state index in [0.29, 0.717) is 12.8 Å². The van der Waals surface area contributed by atoms with Crippen molar-refractivity contribution in [2.75, 3.05) is 6.61 Å². The molecule has 0 aliphatic heterocycles. The van der Waals surface area contributed by atoms with Crippen LogP contribution in [0.5, 0.6) is 0 Å². The van der Waals surface area contributed by atoms with E-state index in [9.17, 15) is 15.3 Å². The molecule has 2 rings (SSSR count). The molecule has 1 fully saturated rings. The molecule has 0 spiro atoms. The van der Waals surface area contributed by atoms with Gasteiger partial charge in [0.2, 0.25) is 0 Å². The van der Waals surface area contributed by atoms with E-state index < -0.39 is 11.2 Å². The molecule has 1 saturated carbocycles. The van der Waals surface area contributed by atoms with Crippen LogP contribution in [-0.2, 0) is 0 Å². The highest BCUT2D eigenvalue weighted by atomic mass is 16.3. The number of aliphatic hydroxyl groups excluding tert-OH is 1. The zero-order valence-electron chi connectivity index (χ0n) is 11.5. The zero-order chi connectivity index (χ0) is 13.6. The van der Waals surface area contributed by atoms with Crippen molar-refractivity contribution in [2.24, 2.45) is 11.3 Å². The van der Waals surface area contributed by atoms with Crippen LogP contribution in [0.2, 0.25) is 0 Å². The Morgan fingerprint density at radius 1 is 1.22 bits per heavy atom. The third-order valence-corrected chi connectivity index (χ3v) is 4.87. The standard InChI is InChI=1S/C15H24O3/c1-13(2)9-12-11(10-16)5-4-6-14(3,17)7-8-15(12,13)18/h4-6,12,16-18H,7-10H2,1-3H3. The Labute approximate surface area is 109 Å². The number of hydrogen-bond acceptors (Lipinski definition) is 3. The molecule has 0 aromatic heterocycles. The third-order valence-electron chi connectivity index (χ3n) is 4.87. The average Bonchev–Trinajstić information content (AvgIpc) is 2.32. The second-order valence-electron chi connectivity index (χ2n) is 6.68. The van der Waals surface area contributed by atoms with Gasteiger partial charge < -0.3 is 15.3 Å². The van der Waals surface area contributed by atoms with Crippen LogP contribution in [0.4, 0.5) is 0 Å². The number of hydrogen-bond donors (Lipinski definition) is 3. The normalized spacial score (nSPS) is 43.0. The van der Waals surface area contributed by atoms with Crippen LogP contribution in [0.3, 0.4) is 0 Å². The summed E-state index contributed by atoms with van der Waals surface area (Å²) in [6, 6.07) is 0. The molecule has 2 aliphatic carbocycles. The van der Waals surface area contributed by atoms with E-state index in [0.717, 1.165) is 12.0 Å². The average molecular weight is 252 g/mol. The molecular weight excluding hydrogens is 228 g/mol. The Bertz CT molecular complexity index is 393. The van der Waals surface area contributed by atoms with Crippen molar-refractivity contribution in [1.82, 2.24) is 0 Å². The van der Waals surface area contributed by atoms with Crippen molar-refractivity contribution in [2.45, 2.75) is 51.2 Å². The van der Waals surface area contributed by atoms with Gasteiger partial charge in [-0.05, 0) is 37.2 Å². The van der Waals surface area contributed by atoms with Crippen molar-refractivity contribution in [1.29, 1.82) is 0 Å². The zero-order valence-corrected chi connectivity index (χ0v) is 11.5. The van der Waals surface area contributed by atoms with E-state index in [1.807, 2.05) is 6.08 Å². The maximum Gasteiger partial charge on any atom is 0.0803 e. The number of rotatable bonds is 1. The van der Waals surface area contributed by atoms with Gasteiger partial charge in [-0.2, -0.15) is 0 Å². The Kier molecular flexibility index (Phi) is 3.21. The minimum absolute atomic E-state index is 0.0102. The van der Waals surface area contributed by atoms with Crippen molar-refractivity contribution in [3.8, 4) is 0 Å². The lowest BCUT2D eigenvalue weighted by Crippen LogP contribution is -2.62. The van der Waals surface area contributed by atoms with Crippen molar-refractivity contribution >= 4 is 0 Å². The van der Waals surface area contributed by atoms with Gasteiger partial charge in [-0.3, -0.25) is 0 Å². The van der Waals surface area contributed by atoms with Crippen molar-refractivity contribution in [3.63, 3.8) is 0 Å². The van der Waals surface area contributed by atoms with Gasteiger partial charge >= 0.3 is 0 Å². The Morgan fingerprint density at radius 2 is 1.89 bits per heavy atom. The second kappa shape index (κ2) is 4.19. The first-order valence-corrected chi connectivity index (χ1v) is 6.66. The fourth-order valence-corrected chi connectivity index (χ4v) is 3.33. The topological polar surface area (TPSA) is 60.7 Å². The summed E-state index contributed by atoms with van der Waals surface area (Å²) in [5.74, 6) is 0.0102. The molecule has 3 heteroatoms. The minimum atomic E-state index is -0.895. The van der Waals surface area contributed by atoms with E-state index in [1.54, 1.807) is 19.1 Å². The first-order chi connectivity index (χ1) is 8.22. The van der Waals surface area contributed by atoms with Crippen LogP contribution in [0.25, 0.3) is 0 Å². The molecule has 0 saturated heterocycles. The van der Waals surface area contributed by atoms with Crippen LogP contribution >= 0.6 is 0 Å². The molecule has 0 radical (unpaired) electrons. The number of fused-ring (bicyclic) bond motifs is 1. The first kappa shape index (κ1) is 13.8. The van der Waals surface area contributed by atoms with Gasteiger partial charge in [0.1, 0.15) is 0 Å². The second-order valence-corrected chi connectivity index (χ2v) is 6.68. The van der Waals surface area contributed by atoms with Gasteiger partial charge in [0.15, 0.2) is 0 Å². The van der Waals surface area contributed by atoms with Crippen molar-refractivity contribution in [3.05, 3.63) is 23.8 Å². The van der Waals surface area contributed by atoms with Gasteiger partial charge in [-0.1, -0.05) is 32.1 Å². The summed E-state index contributed by atoms with van der Waals surface area (Å²) in [7, 11) is 0. The third kappa shape index (κ3) is 2.04. The molecule has 0 bridgehead atoms. The lowest BCUT2D eigenvalue weighted by atomic mass is 9.48. The van der Waals surface area contributed by atoms with Gasteiger partial charge in [-0.25, -0.2) is 0 Å². The molecule has 0 aromatic rings. The van der Waals surface area contributed by atoms with Crippen LogP contribution < -0.4 is 0 Å². The highest BCUT2D eigenvalue weighted by molar-refractivity contribution is 5.28. The van der Waals surface area contributed by atoms with Crippen LogP contribution in [0, 0.1) is 11.3 Å².